The van der Waals surface area contributed by atoms with E-state index in [-0.39, 0.29) is 0 Å². The van der Waals surface area contributed by atoms with Crippen molar-refractivity contribution in [2.24, 2.45) is 11.7 Å². The monoisotopic (exact) mass is 200 g/mol. The Morgan fingerprint density at radius 2 is 2.21 bits per heavy atom. The van der Waals surface area contributed by atoms with Gasteiger partial charge in [-0.3, -0.25) is 0 Å². The first-order valence-electron chi connectivity index (χ1n) is 5.65. The number of nitrogens with two attached hydrogens (primary N) is 1. The van der Waals surface area contributed by atoms with Gasteiger partial charge in [-0.2, -0.15) is 0 Å². The van der Waals surface area contributed by atoms with Crippen molar-refractivity contribution in [1.82, 2.24) is 4.90 Å². The molecule has 0 spiro atoms. The molecular formula is C11H24N2O. The van der Waals surface area contributed by atoms with Crippen LogP contribution in [0.25, 0.3) is 0 Å². The lowest BCUT2D eigenvalue weighted by Gasteiger charge is -2.20. The molecule has 0 aliphatic heterocycles. The number of methoxy groups -OCH3 is 1. The zero-order valence-electron chi connectivity index (χ0n) is 9.54. The van der Waals surface area contributed by atoms with Crippen LogP contribution in [0.1, 0.15) is 25.7 Å². The highest BCUT2D eigenvalue weighted by Crippen LogP contribution is 2.24. The smallest absolute Gasteiger partial charge is 0.0474 e. The van der Waals surface area contributed by atoms with Crippen molar-refractivity contribution in [1.29, 1.82) is 0 Å². The summed E-state index contributed by atoms with van der Waals surface area (Å²) < 4.78 is 5.03. The minimum Gasteiger partial charge on any atom is -0.385 e. The van der Waals surface area contributed by atoms with Crippen molar-refractivity contribution >= 4 is 0 Å². The number of rotatable bonds is 6. The fraction of sp³-hybridized carbons (Fsp3) is 1.00. The van der Waals surface area contributed by atoms with E-state index in [4.69, 9.17) is 10.5 Å². The van der Waals surface area contributed by atoms with Gasteiger partial charge in [-0.15, -0.1) is 0 Å². The van der Waals surface area contributed by atoms with E-state index in [0.29, 0.717) is 6.04 Å². The molecule has 1 aliphatic carbocycles. The second-order valence-corrected chi connectivity index (χ2v) is 4.55. The van der Waals surface area contributed by atoms with Crippen LogP contribution in [0.2, 0.25) is 0 Å². The number of hydrogen-bond acceptors (Lipinski definition) is 3. The Morgan fingerprint density at radius 1 is 1.43 bits per heavy atom. The van der Waals surface area contributed by atoms with Gasteiger partial charge in [-0.25, -0.2) is 0 Å². The Bertz CT molecular complexity index is 152. The van der Waals surface area contributed by atoms with Crippen molar-refractivity contribution in [2.45, 2.75) is 31.7 Å². The van der Waals surface area contributed by atoms with Crippen LogP contribution in [0.5, 0.6) is 0 Å². The highest BCUT2D eigenvalue weighted by Gasteiger charge is 2.22. The van der Waals surface area contributed by atoms with Crippen LogP contribution < -0.4 is 5.73 Å². The third-order valence-corrected chi connectivity index (χ3v) is 3.04. The molecule has 3 heteroatoms. The van der Waals surface area contributed by atoms with E-state index < -0.39 is 0 Å². The lowest BCUT2D eigenvalue weighted by molar-refractivity contribution is 0.174. The summed E-state index contributed by atoms with van der Waals surface area (Å²) in [5, 5.41) is 0. The topological polar surface area (TPSA) is 38.5 Å². The summed E-state index contributed by atoms with van der Waals surface area (Å²) in [4.78, 5) is 2.40. The number of hydrogen-bond donors (Lipinski definition) is 1. The molecule has 0 radical (unpaired) electrons. The fourth-order valence-corrected chi connectivity index (χ4v) is 2.29. The molecule has 0 aromatic heterocycles. The molecule has 84 valence electrons. The number of ether oxygens (including phenoxy) is 1. The molecule has 0 aromatic rings. The fourth-order valence-electron chi connectivity index (χ4n) is 2.29. The summed E-state index contributed by atoms with van der Waals surface area (Å²) in [5.74, 6) is 0.831. The molecule has 1 aliphatic rings. The summed E-state index contributed by atoms with van der Waals surface area (Å²) in [5.41, 5.74) is 5.88. The second-order valence-electron chi connectivity index (χ2n) is 4.55. The van der Waals surface area contributed by atoms with Crippen LogP contribution in [0, 0.1) is 5.92 Å². The van der Waals surface area contributed by atoms with Crippen molar-refractivity contribution in [3.8, 4) is 0 Å². The standard InChI is InChI=1S/C11H24N2O/c1-13(6-3-7-14-2)9-10-4-5-11(12)8-10/h10-11H,3-9,12H2,1-2H3. The van der Waals surface area contributed by atoms with Crippen molar-refractivity contribution < 1.29 is 4.74 Å². The summed E-state index contributed by atoms with van der Waals surface area (Å²) in [7, 11) is 3.95. The predicted molar refractivity (Wildman–Crippen MR) is 59.3 cm³/mol. The maximum absolute atomic E-state index is 5.88. The van der Waals surface area contributed by atoms with Crippen molar-refractivity contribution in [2.75, 3.05) is 33.9 Å². The highest BCUT2D eigenvalue weighted by molar-refractivity contribution is 4.79. The summed E-state index contributed by atoms with van der Waals surface area (Å²) in [6.07, 6.45) is 4.88. The Hall–Kier alpha value is -0.120. The van der Waals surface area contributed by atoms with Gasteiger partial charge in [0.05, 0.1) is 0 Å². The van der Waals surface area contributed by atoms with Gasteiger partial charge in [-0.1, -0.05) is 0 Å². The molecule has 0 heterocycles. The molecule has 2 atom stereocenters. The third kappa shape index (κ3) is 4.40. The van der Waals surface area contributed by atoms with E-state index in [9.17, 15) is 0 Å². The zero-order chi connectivity index (χ0) is 10.4. The van der Waals surface area contributed by atoms with E-state index in [0.717, 1.165) is 25.5 Å². The van der Waals surface area contributed by atoms with E-state index in [1.54, 1.807) is 7.11 Å². The van der Waals surface area contributed by atoms with Gasteiger partial charge in [0.25, 0.3) is 0 Å². The van der Waals surface area contributed by atoms with Gasteiger partial charge >= 0.3 is 0 Å². The Morgan fingerprint density at radius 3 is 2.79 bits per heavy atom. The number of nitrogens with zero attached hydrogens (tertiary/aromatic N) is 1. The molecule has 14 heavy (non-hydrogen) atoms. The molecule has 1 rings (SSSR count). The van der Waals surface area contributed by atoms with Crippen LogP contribution in [0.15, 0.2) is 0 Å². The molecule has 0 aromatic carbocycles. The van der Waals surface area contributed by atoms with Crippen LogP contribution in [0.3, 0.4) is 0 Å². The second kappa shape index (κ2) is 6.38. The van der Waals surface area contributed by atoms with E-state index >= 15 is 0 Å². The van der Waals surface area contributed by atoms with Crippen LogP contribution in [-0.2, 0) is 4.74 Å². The average Bonchev–Trinajstić information content (AvgIpc) is 2.52. The van der Waals surface area contributed by atoms with Gasteiger partial charge in [0.2, 0.25) is 0 Å². The highest BCUT2D eigenvalue weighted by atomic mass is 16.5. The zero-order valence-corrected chi connectivity index (χ0v) is 9.54. The largest absolute Gasteiger partial charge is 0.385 e. The average molecular weight is 200 g/mol. The lowest BCUT2D eigenvalue weighted by Crippen LogP contribution is -2.27. The third-order valence-electron chi connectivity index (χ3n) is 3.04. The Kier molecular flexibility index (Phi) is 5.45. The van der Waals surface area contributed by atoms with Crippen LogP contribution >= 0.6 is 0 Å². The first-order chi connectivity index (χ1) is 6.72. The van der Waals surface area contributed by atoms with E-state index in [1.165, 1.54) is 25.8 Å². The summed E-state index contributed by atoms with van der Waals surface area (Å²) >= 11 is 0. The molecule has 1 fully saturated rings. The van der Waals surface area contributed by atoms with Crippen LogP contribution in [0.4, 0.5) is 0 Å². The molecule has 2 unspecified atom stereocenters. The lowest BCUT2D eigenvalue weighted by atomic mass is 10.1. The van der Waals surface area contributed by atoms with Gasteiger partial charge in [0, 0.05) is 32.8 Å². The molecule has 1 saturated carbocycles. The minimum absolute atomic E-state index is 0.465. The van der Waals surface area contributed by atoms with E-state index in [2.05, 4.69) is 11.9 Å². The van der Waals surface area contributed by atoms with Crippen LogP contribution in [-0.4, -0.2) is 44.8 Å². The molecule has 0 bridgehead atoms. The normalized spacial score (nSPS) is 27.4. The molecule has 0 saturated heterocycles. The van der Waals surface area contributed by atoms with Gasteiger partial charge in [-0.05, 0) is 38.6 Å². The predicted octanol–water partition coefficient (Wildman–Crippen LogP) is 1.08. The SMILES string of the molecule is COCCCN(C)CC1CCC(N)C1. The van der Waals surface area contributed by atoms with Gasteiger partial charge in [0.1, 0.15) is 0 Å². The maximum atomic E-state index is 5.88. The first-order valence-corrected chi connectivity index (χ1v) is 5.65. The summed E-state index contributed by atoms with van der Waals surface area (Å²) in [6, 6.07) is 0.465. The molecule has 3 nitrogen and oxygen atoms in total. The summed E-state index contributed by atoms with van der Waals surface area (Å²) in [6.45, 7) is 3.21. The molecule has 0 amide bonds. The minimum atomic E-state index is 0.465. The Balaban J connectivity index is 2.05. The molecule has 2 N–H and O–H groups in total. The molecular weight excluding hydrogens is 176 g/mol. The Labute approximate surface area is 87.6 Å². The van der Waals surface area contributed by atoms with E-state index in [1.807, 2.05) is 0 Å². The van der Waals surface area contributed by atoms with Gasteiger partial charge < -0.3 is 15.4 Å². The first kappa shape index (κ1) is 12.0. The van der Waals surface area contributed by atoms with Gasteiger partial charge in [0.15, 0.2) is 0 Å². The van der Waals surface area contributed by atoms with Crippen molar-refractivity contribution in [3.63, 3.8) is 0 Å². The van der Waals surface area contributed by atoms with Crippen molar-refractivity contribution in [3.05, 3.63) is 0 Å². The quantitative estimate of drug-likeness (QED) is 0.652. The maximum Gasteiger partial charge on any atom is 0.0474 e.